The number of benzene rings is 2. The van der Waals surface area contributed by atoms with Crippen molar-refractivity contribution in [1.82, 2.24) is 0 Å². The van der Waals surface area contributed by atoms with Crippen molar-refractivity contribution in [1.29, 1.82) is 0 Å². The maximum absolute atomic E-state index is 4.34. The molecule has 0 heteroatoms. The minimum Gasteiger partial charge on any atom is -0.0905 e. The Kier molecular flexibility index (Phi) is 2.41. The average Bonchev–Trinajstić information content (AvgIpc) is 2.36. The molecule has 0 saturated heterocycles. The number of rotatable bonds is 0. The van der Waals surface area contributed by atoms with Gasteiger partial charge in [0.05, 0.1) is 0 Å². The lowest BCUT2D eigenvalue weighted by Gasteiger charge is -2.26. The lowest BCUT2D eigenvalue weighted by molar-refractivity contribution is 1.08. The van der Waals surface area contributed by atoms with Crippen LogP contribution in [0.3, 0.4) is 0 Å². The first-order valence-corrected chi connectivity index (χ1v) is 6.47. The molecule has 1 aliphatic carbocycles. The second-order valence-electron chi connectivity index (χ2n) is 5.30. The molecule has 0 aromatic heterocycles. The van der Waals surface area contributed by atoms with Gasteiger partial charge in [0.15, 0.2) is 0 Å². The van der Waals surface area contributed by atoms with Gasteiger partial charge in [-0.3, -0.25) is 0 Å². The minimum atomic E-state index is 1.04. The first kappa shape index (κ1) is 11.3. The summed E-state index contributed by atoms with van der Waals surface area (Å²) in [6.07, 6.45) is 1.04. The predicted octanol–water partition coefficient (Wildman–Crippen LogP) is 4.58. The van der Waals surface area contributed by atoms with Crippen molar-refractivity contribution in [3.8, 4) is 0 Å². The third-order valence-electron chi connectivity index (χ3n) is 4.19. The molecule has 0 amide bonds. The van der Waals surface area contributed by atoms with Gasteiger partial charge in [-0.15, -0.1) is 0 Å². The molecule has 0 heterocycles. The maximum Gasteiger partial charge on any atom is -0.00107 e. The zero-order valence-electron chi connectivity index (χ0n) is 11.3. The van der Waals surface area contributed by atoms with Crippen molar-refractivity contribution in [2.24, 2.45) is 0 Å². The fourth-order valence-corrected chi connectivity index (χ4v) is 3.07. The van der Waals surface area contributed by atoms with Crippen LogP contribution < -0.4 is 0 Å². The van der Waals surface area contributed by atoms with E-state index >= 15 is 0 Å². The normalized spacial score (nSPS) is 13.2. The molecule has 0 radical (unpaired) electrons. The first-order chi connectivity index (χ1) is 8.59. The van der Waals surface area contributed by atoms with E-state index < -0.39 is 0 Å². The van der Waals surface area contributed by atoms with Gasteiger partial charge in [-0.1, -0.05) is 36.9 Å². The van der Waals surface area contributed by atoms with Gasteiger partial charge in [0.2, 0.25) is 0 Å². The molecule has 3 rings (SSSR count). The second-order valence-corrected chi connectivity index (χ2v) is 5.30. The fourth-order valence-electron chi connectivity index (χ4n) is 3.07. The summed E-state index contributed by atoms with van der Waals surface area (Å²) in [6, 6.07) is 10.9. The SMILES string of the molecule is C=C1c2ccccc2Cc2c(C)cc(C)c(C)c21. The topological polar surface area (TPSA) is 0 Å². The Morgan fingerprint density at radius 3 is 2.50 bits per heavy atom. The second kappa shape index (κ2) is 3.84. The van der Waals surface area contributed by atoms with Crippen molar-refractivity contribution >= 4 is 5.57 Å². The maximum atomic E-state index is 4.34. The van der Waals surface area contributed by atoms with Crippen LogP contribution in [0.4, 0.5) is 0 Å². The van der Waals surface area contributed by atoms with Crippen LogP contribution in [0.1, 0.15) is 38.9 Å². The van der Waals surface area contributed by atoms with E-state index in [-0.39, 0.29) is 0 Å². The summed E-state index contributed by atoms with van der Waals surface area (Å²) in [5.74, 6) is 0. The van der Waals surface area contributed by atoms with Gasteiger partial charge >= 0.3 is 0 Å². The third-order valence-corrected chi connectivity index (χ3v) is 4.19. The van der Waals surface area contributed by atoms with E-state index in [4.69, 9.17) is 0 Å². The van der Waals surface area contributed by atoms with Crippen molar-refractivity contribution < 1.29 is 0 Å². The Morgan fingerprint density at radius 2 is 1.72 bits per heavy atom. The quantitative estimate of drug-likeness (QED) is 0.534. The molecule has 0 spiro atoms. The summed E-state index contributed by atoms with van der Waals surface area (Å²) in [5.41, 5.74) is 10.9. The van der Waals surface area contributed by atoms with Gasteiger partial charge in [-0.05, 0) is 71.7 Å². The van der Waals surface area contributed by atoms with Crippen LogP contribution in [0.2, 0.25) is 0 Å². The molecule has 0 aliphatic heterocycles. The van der Waals surface area contributed by atoms with Crippen molar-refractivity contribution in [3.63, 3.8) is 0 Å². The zero-order chi connectivity index (χ0) is 12.9. The molecule has 1 aliphatic rings. The van der Waals surface area contributed by atoms with E-state index in [0.29, 0.717) is 0 Å². The Balaban J connectivity index is 2.32. The largest absolute Gasteiger partial charge is 0.0905 e. The third kappa shape index (κ3) is 1.45. The first-order valence-electron chi connectivity index (χ1n) is 6.47. The molecule has 0 bridgehead atoms. The monoisotopic (exact) mass is 234 g/mol. The van der Waals surface area contributed by atoms with E-state index in [0.717, 1.165) is 6.42 Å². The van der Waals surface area contributed by atoms with Crippen molar-refractivity contribution in [2.45, 2.75) is 27.2 Å². The summed E-state index contributed by atoms with van der Waals surface area (Å²) in [7, 11) is 0. The van der Waals surface area contributed by atoms with E-state index in [1.807, 2.05) is 0 Å². The molecule has 2 aromatic carbocycles. The van der Waals surface area contributed by atoms with Crippen molar-refractivity contribution in [2.75, 3.05) is 0 Å². The van der Waals surface area contributed by atoms with Crippen LogP contribution >= 0.6 is 0 Å². The van der Waals surface area contributed by atoms with Crippen LogP contribution in [0.5, 0.6) is 0 Å². The van der Waals surface area contributed by atoms with Crippen LogP contribution in [0.25, 0.3) is 5.57 Å². The lowest BCUT2D eigenvalue weighted by Crippen LogP contribution is -2.10. The van der Waals surface area contributed by atoms with Gasteiger partial charge in [-0.25, -0.2) is 0 Å². The van der Waals surface area contributed by atoms with Crippen LogP contribution in [-0.4, -0.2) is 0 Å². The highest BCUT2D eigenvalue weighted by molar-refractivity contribution is 5.86. The predicted molar refractivity (Wildman–Crippen MR) is 78.0 cm³/mol. The molecule has 0 saturated carbocycles. The van der Waals surface area contributed by atoms with Crippen LogP contribution in [-0.2, 0) is 6.42 Å². The van der Waals surface area contributed by atoms with Gasteiger partial charge < -0.3 is 0 Å². The molecular weight excluding hydrogens is 216 g/mol. The van der Waals surface area contributed by atoms with E-state index in [1.165, 1.54) is 44.5 Å². The number of aryl methyl sites for hydroxylation is 2. The Bertz CT molecular complexity index is 660. The average molecular weight is 234 g/mol. The Labute approximate surface area is 109 Å². The number of hydrogen-bond donors (Lipinski definition) is 0. The standard InChI is InChI=1S/C18H18/c1-11-9-12(2)17-10-15-7-5-6-8-16(15)14(4)18(17)13(11)3/h5-9H,4,10H2,1-3H3. The molecule has 2 aromatic rings. The lowest BCUT2D eigenvalue weighted by atomic mass is 9.78. The molecule has 0 N–H and O–H groups in total. The molecule has 0 nitrogen and oxygen atoms in total. The molecule has 90 valence electrons. The zero-order valence-corrected chi connectivity index (χ0v) is 11.3. The van der Waals surface area contributed by atoms with E-state index in [1.54, 1.807) is 0 Å². The molecule has 0 unspecified atom stereocenters. The molecule has 0 fully saturated rings. The van der Waals surface area contributed by atoms with Gasteiger partial charge in [0, 0.05) is 0 Å². The number of fused-ring (bicyclic) bond motifs is 2. The fraction of sp³-hybridized carbons (Fsp3) is 0.222. The summed E-state index contributed by atoms with van der Waals surface area (Å²) in [6.45, 7) is 11.0. The summed E-state index contributed by atoms with van der Waals surface area (Å²) in [5, 5.41) is 0. The minimum absolute atomic E-state index is 1.04. The van der Waals surface area contributed by atoms with Crippen molar-refractivity contribution in [3.05, 3.63) is 75.9 Å². The molecular formula is C18H18. The van der Waals surface area contributed by atoms with Crippen LogP contribution in [0, 0.1) is 20.8 Å². The van der Waals surface area contributed by atoms with E-state index in [9.17, 15) is 0 Å². The van der Waals surface area contributed by atoms with Gasteiger partial charge in [0.25, 0.3) is 0 Å². The highest BCUT2D eigenvalue weighted by atomic mass is 14.3. The highest BCUT2D eigenvalue weighted by Crippen LogP contribution is 2.38. The summed E-state index contributed by atoms with van der Waals surface area (Å²) in [4.78, 5) is 0. The highest BCUT2D eigenvalue weighted by Gasteiger charge is 2.22. The summed E-state index contributed by atoms with van der Waals surface area (Å²) >= 11 is 0. The Hall–Kier alpha value is -1.82. The van der Waals surface area contributed by atoms with E-state index in [2.05, 4.69) is 57.7 Å². The molecule has 18 heavy (non-hydrogen) atoms. The van der Waals surface area contributed by atoms with Gasteiger partial charge in [-0.2, -0.15) is 0 Å². The Morgan fingerprint density at radius 1 is 1.00 bits per heavy atom. The smallest absolute Gasteiger partial charge is 0.00107 e. The summed E-state index contributed by atoms with van der Waals surface area (Å²) < 4.78 is 0. The van der Waals surface area contributed by atoms with Gasteiger partial charge in [0.1, 0.15) is 0 Å². The number of hydrogen-bond acceptors (Lipinski definition) is 0. The molecule has 0 atom stereocenters. The van der Waals surface area contributed by atoms with Crippen LogP contribution in [0.15, 0.2) is 36.9 Å².